The molecule has 0 bridgehead atoms. The Labute approximate surface area is 177 Å². The van der Waals surface area contributed by atoms with Gasteiger partial charge in [-0.2, -0.15) is 5.10 Å². The van der Waals surface area contributed by atoms with Crippen molar-refractivity contribution in [2.24, 2.45) is 5.10 Å². The number of phenols is 2. The summed E-state index contributed by atoms with van der Waals surface area (Å²) < 4.78 is 5.74. The third-order valence-electron chi connectivity index (χ3n) is 3.87. The summed E-state index contributed by atoms with van der Waals surface area (Å²) in [5.41, 5.74) is 3.69. The van der Waals surface area contributed by atoms with Gasteiger partial charge in [0.15, 0.2) is 0 Å². The van der Waals surface area contributed by atoms with Gasteiger partial charge in [0.25, 0.3) is 5.91 Å². The lowest BCUT2D eigenvalue weighted by Gasteiger charge is -2.08. The predicted octanol–water partition coefficient (Wildman–Crippen LogP) is 4.75. The monoisotopic (exact) mass is 430 g/mol. The van der Waals surface area contributed by atoms with Crippen molar-refractivity contribution >= 4 is 35.3 Å². The second-order valence-corrected chi connectivity index (χ2v) is 6.84. The number of hydrazone groups is 1. The molecule has 0 unspecified atom stereocenters. The van der Waals surface area contributed by atoms with Gasteiger partial charge < -0.3 is 14.9 Å². The minimum absolute atomic E-state index is 0.0842. The molecule has 0 aromatic heterocycles. The lowest BCUT2D eigenvalue weighted by molar-refractivity contribution is 0.0952. The average molecular weight is 431 g/mol. The number of carbonyl (C=O) groups is 1. The average Bonchev–Trinajstić information content (AvgIpc) is 2.69. The molecule has 0 atom stereocenters. The normalized spacial score (nSPS) is 10.8. The molecule has 0 saturated heterocycles. The van der Waals surface area contributed by atoms with E-state index in [0.29, 0.717) is 21.4 Å². The van der Waals surface area contributed by atoms with Gasteiger partial charge >= 0.3 is 0 Å². The van der Waals surface area contributed by atoms with Crippen LogP contribution in [-0.4, -0.2) is 22.3 Å². The Kier molecular flexibility index (Phi) is 6.59. The molecule has 0 aliphatic rings. The molecular weight excluding hydrogens is 415 g/mol. The Morgan fingerprint density at radius 2 is 1.90 bits per heavy atom. The number of hydrogen-bond donors (Lipinski definition) is 3. The molecule has 1 amide bonds. The summed E-state index contributed by atoms with van der Waals surface area (Å²) >= 11 is 12.0. The van der Waals surface area contributed by atoms with E-state index in [1.165, 1.54) is 18.3 Å². The quantitative estimate of drug-likeness (QED) is 0.299. The number of hydrogen-bond acceptors (Lipinski definition) is 5. The van der Waals surface area contributed by atoms with Crippen molar-refractivity contribution < 1.29 is 19.7 Å². The smallest absolute Gasteiger partial charge is 0.275 e. The molecule has 148 valence electrons. The molecule has 0 radical (unpaired) electrons. The number of aromatic hydroxyl groups is 2. The lowest BCUT2D eigenvalue weighted by Crippen LogP contribution is -2.17. The number of nitrogens with zero attached hydrogens (tertiary/aromatic N) is 1. The van der Waals surface area contributed by atoms with Crippen LogP contribution in [-0.2, 0) is 6.61 Å². The molecule has 3 aromatic carbocycles. The maximum Gasteiger partial charge on any atom is 0.275 e. The first kappa shape index (κ1) is 20.5. The molecule has 0 aliphatic carbocycles. The fourth-order valence-electron chi connectivity index (χ4n) is 2.42. The number of rotatable bonds is 6. The van der Waals surface area contributed by atoms with Crippen LogP contribution in [0.2, 0.25) is 10.0 Å². The summed E-state index contributed by atoms with van der Waals surface area (Å²) in [7, 11) is 0. The van der Waals surface area contributed by atoms with Crippen molar-refractivity contribution in [3.8, 4) is 17.2 Å². The van der Waals surface area contributed by atoms with Gasteiger partial charge in [0, 0.05) is 15.6 Å². The molecule has 0 aliphatic heterocycles. The molecule has 8 heteroatoms. The van der Waals surface area contributed by atoms with Crippen molar-refractivity contribution in [2.75, 3.05) is 0 Å². The van der Waals surface area contributed by atoms with Crippen LogP contribution in [0, 0.1) is 0 Å². The van der Waals surface area contributed by atoms with Gasteiger partial charge in [-0.15, -0.1) is 0 Å². The van der Waals surface area contributed by atoms with Gasteiger partial charge in [0.2, 0.25) is 0 Å². The second kappa shape index (κ2) is 9.32. The van der Waals surface area contributed by atoms with E-state index in [0.717, 1.165) is 11.6 Å². The Morgan fingerprint density at radius 3 is 2.69 bits per heavy atom. The third kappa shape index (κ3) is 5.63. The molecule has 3 rings (SSSR count). The molecule has 3 N–H and O–H groups in total. The van der Waals surface area contributed by atoms with E-state index in [-0.39, 0.29) is 23.7 Å². The topological polar surface area (TPSA) is 91.2 Å². The zero-order valence-corrected chi connectivity index (χ0v) is 16.5. The summed E-state index contributed by atoms with van der Waals surface area (Å²) in [5.74, 6) is -0.453. The van der Waals surface area contributed by atoms with Gasteiger partial charge in [-0.05, 0) is 48.0 Å². The number of halogens is 2. The molecule has 0 saturated carbocycles. The van der Waals surface area contributed by atoms with Crippen LogP contribution in [0.5, 0.6) is 17.2 Å². The van der Waals surface area contributed by atoms with Gasteiger partial charge in [-0.3, -0.25) is 4.79 Å². The highest BCUT2D eigenvalue weighted by atomic mass is 35.5. The van der Waals surface area contributed by atoms with Crippen molar-refractivity contribution in [3.05, 3.63) is 87.4 Å². The predicted molar refractivity (Wildman–Crippen MR) is 112 cm³/mol. The van der Waals surface area contributed by atoms with Crippen molar-refractivity contribution in [2.45, 2.75) is 6.61 Å². The highest BCUT2D eigenvalue weighted by molar-refractivity contribution is 6.35. The van der Waals surface area contributed by atoms with E-state index in [2.05, 4.69) is 10.5 Å². The van der Waals surface area contributed by atoms with E-state index in [9.17, 15) is 15.0 Å². The maximum atomic E-state index is 12.0. The van der Waals surface area contributed by atoms with Crippen LogP contribution in [0.1, 0.15) is 21.5 Å². The minimum atomic E-state index is -0.653. The number of benzene rings is 3. The van der Waals surface area contributed by atoms with Crippen LogP contribution >= 0.6 is 23.2 Å². The first-order valence-electron chi connectivity index (χ1n) is 8.44. The summed E-state index contributed by atoms with van der Waals surface area (Å²) in [6.07, 6.45) is 1.43. The molecule has 3 aromatic rings. The van der Waals surface area contributed by atoms with Gasteiger partial charge in [-0.25, -0.2) is 5.43 Å². The van der Waals surface area contributed by atoms with Gasteiger partial charge in [0.1, 0.15) is 23.9 Å². The summed E-state index contributed by atoms with van der Waals surface area (Å²) in [6.45, 7) is 0.268. The standard InChI is InChI=1S/C21H16Cl2N2O4/c22-15-5-4-14(19(23)9-15)12-29-17-3-1-2-13(8-17)11-24-25-21(28)18-10-16(26)6-7-20(18)27/h1-11,26-27H,12H2,(H,25,28). The molecule has 29 heavy (non-hydrogen) atoms. The van der Waals surface area contributed by atoms with Gasteiger partial charge in [0.05, 0.1) is 11.8 Å². The molecule has 0 spiro atoms. The summed E-state index contributed by atoms with van der Waals surface area (Å²) in [6, 6.07) is 15.9. The fourth-order valence-corrected chi connectivity index (χ4v) is 2.88. The Balaban J connectivity index is 1.62. The second-order valence-electron chi connectivity index (χ2n) is 6.00. The highest BCUT2D eigenvalue weighted by Crippen LogP contribution is 2.23. The number of amides is 1. The first-order valence-corrected chi connectivity index (χ1v) is 9.20. The van der Waals surface area contributed by atoms with E-state index in [4.69, 9.17) is 27.9 Å². The summed E-state index contributed by atoms with van der Waals surface area (Å²) in [4.78, 5) is 12.0. The molecule has 6 nitrogen and oxygen atoms in total. The van der Waals surface area contributed by atoms with E-state index < -0.39 is 5.91 Å². The number of carbonyl (C=O) groups excluding carboxylic acids is 1. The van der Waals surface area contributed by atoms with Crippen molar-refractivity contribution in [1.82, 2.24) is 5.43 Å². The Bertz CT molecular complexity index is 1070. The zero-order valence-electron chi connectivity index (χ0n) is 15.0. The Hall–Kier alpha value is -3.22. The molecular formula is C21H16Cl2N2O4. The minimum Gasteiger partial charge on any atom is -0.508 e. The largest absolute Gasteiger partial charge is 0.508 e. The van der Waals surface area contributed by atoms with E-state index in [1.54, 1.807) is 42.5 Å². The van der Waals surface area contributed by atoms with E-state index >= 15 is 0 Å². The van der Waals surface area contributed by atoms with Gasteiger partial charge in [-0.1, -0.05) is 41.4 Å². The highest BCUT2D eigenvalue weighted by Gasteiger charge is 2.11. The van der Waals surface area contributed by atoms with E-state index in [1.807, 2.05) is 0 Å². The van der Waals surface area contributed by atoms with Crippen molar-refractivity contribution in [3.63, 3.8) is 0 Å². The SMILES string of the molecule is O=C(NN=Cc1cccc(OCc2ccc(Cl)cc2Cl)c1)c1cc(O)ccc1O. The number of nitrogens with one attached hydrogen (secondary N) is 1. The first-order chi connectivity index (χ1) is 13.9. The summed E-state index contributed by atoms with van der Waals surface area (Å²) in [5, 5.41) is 24.1. The lowest BCUT2D eigenvalue weighted by atomic mass is 10.2. The van der Waals surface area contributed by atoms with Crippen LogP contribution in [0.15, 0.2) is 65.8 Å². The number of phenolic OH excluding ortho intramolecular Hbond substituents is 2. The van der Waals surface area contributed by atoms with Crippen LogP contribution in [0.3, 0.4) is 0 Å². The molecule has 0 heterocycles. The van der Waals surface area contributed by atoms with Crippen LogP contribution in [0.4, 0.5) is 0 Å². The van der Waals surface area contributed by atoms with Crippen LogP contribution < -0.4 is 10.2 Å². The third-order valence-corrected chi connectivity index (χ3v) is 4.46. The fraction of sp³-hybridized carbons (Fsp3) is 0.0476. The van der Waals surface area contributed by atoms with Crippen molar-refractivity contribution in [1.29, 1.82) is 0 Å². The van der Waals surface area contributed by atoms with Crippen LogP contribution in [0.25, 0.3) is 0 Å². The Morgan fingerprint density at radius 1 is 1.07 bits per heavy atom. The maximum absolute atomic E-state index is 12.0. The molecule has 0 fully saturated rings. The number of ether oxygens (including phenoxy) is 1. The zero-order chi connectivity index (χ0) is 20.8.